The van der Waals surface area contributed by atoms with Crippen molar-refractivity contribution in [3.63, 3.8) is 0 Å². The molecule has 1 aromatic carbocycles. The fourth-order valence-electron chi connectivity index (χ4n) is 3.11. The number of hydrogen-bond donors (Lipinski definition) is 1. The zero-order valence-electron chi connectivity index (χ0n) is 19.4. The van der Waals surface area contributed by atoms with Gasteiger partial charge in [-0.15, -0.1) is 0 Å². The highest BCUT2D eigenvalue weighted by Crippen LogP contribution is 2.39. The standard InChI is InChI=1S/C22H36Cl2N2O3Si/c1-21(2,3)28-20(27)26-10-9-19(29-30(7,8)22(4,5)6)18(14-26)25-17-12-15(23)11-16(24)13-17/h11-13,18-19,25H,9-10,14H2,1-8H3/t18-,19-/m1/s1. The summed E-state index contributed by atoms with van der Waals surface area (Å²) < 4.78 is 12.3. The molecule has 30 heavy (non-hydrogen) atoms. The van der Waals surface area contributed by atoms with Crippen molar-refractivity contribution in [2.24, 2.45) is 0 Å². The molecular formula is C22H36Cl2N2O3Si. The van der Waals surface area contributed by atoms with E-state index in [0.717, 1.165) is 12.1 Å². The first-order chi connectivity index (χ1) is 13.6. The van der Waals surface area contributed by atoms with Gasteiger partial charge in [0.25, 0.3) is 0 Å². The van der Waals surface area contributed by atoms with Gasteiger partial charge in [0.2, 0.25) is 0 Å². The second-order valence-corrected chi connectivity index (χ2v) is 16.2. The lowest BCUT2D eigenvalue weighted by molar-refractivity contribution is 0.00857. The first kappa shape index (κ1) is 25.3. The third-order valence-corrected chi connectivity index (χ3v) is 10.6. The van der Waals surface area contributed by atoms with Crippen LogP contribution in [0.15, 0.2) is 18.2 Å². The van der Waals surface area contributed by atoms with E-state index in [4.69, 9.17) is 32.4 Å². The molecule has 0 bridgehead atoms. The third-order valence-electron chi connectivity index (χ3n) is 5.67. The zero-order chi connectivity index (χ0) is 22.9. The van der Waals surface area contributed by atoms with Crippen molar-refractivity contribution in [3.8, 4) is 0 Å². The molecule has 2 rings (SSSR count). The number of halogens is 2. The fourth-order valence-corrected chi connectivity index (χ4v) is 5.03. The number of amides is 1. The van der Waals surface area contributed by atoms with Gasteiger partial charge < -0.3 is 19.4 Å². The first-order valence-electron chi connectivity index (χ1n) is 10.5. The van der Waals surface area contributed by atoms with Gasteiger partial charge in [-0.3, -0.25) is 0 Å². The van der Waals surface area contributed by atoms with Gasteiger partial charge in [0.15, 0.2) is 8.32 Å². The highest BCUT2D eigenvalue weighted by Gasteiger charge is 2.43. The SMILES string of the molecule is CC(C)(C)OC(=O)N1CC[C@@H](O[Si](C)(C)C(C)(C)C)[C@H](Nc2cc(Cl)cc(Cl)c2)C1. The van der Waals surface area contributed by atoms with Gasteiger partial charge in [-0.25, -0.2) is 4.79 Å². The maximum absolute atomic E-state index is 12.7. The maximum Gasteiger partial charge on any atom is 0.410 e. The van der Waals surface area contributed by atoms with Gasteiger partial charge in [-0.05, 0) is 63.5 Å². The van der Waals surface area contributed by atoms with Crippen LogP contribution in [-0.2, 0) is 9.16 Å². The normalized spacial score (nSPS) is 20.8. The second-order valence-electron chi connectivity index (χ2n) is 10.5. The minimum absolute atomic E-state index is 0.0256. The lowest BCUT2D eigenvalue weighted by Gasteiger charge is -2.45. The Kier molecular flexibility index (Phi) is 7.82. The predicted octanol–water partition coefficient (Wildman–Crippen LogP) is 6.81. The zero-order valence-corrected chi connectivity index (χ0v) is 21.9. The van der Waals surface area contributed by atoms with Gasteiger partial charge in [-0.1, -0.05) is 44.0 Å². The Morgan fingerprint density at radius 2 is 1.67 bits per heavy atom. The molecule has 170 valence electrons. The quantitative estimate of drug-likeness (QED) is 0.487. The minimum atomic E-state index is -1.99. The van der Waals surface area contributed by atoms with Gasteiger partial charge >= 0.3 is 6.09 Å². The summed E-state index contributed by atoms with van der Waals surface area (Å²) >= 11 is 12.4. The Morgan fingerprint density at radius 3 is 2.17 bits per heavy atom. The summed E-state index contributed by atoms with van der Waals surface area (Å²) in [6.07, 6.45) is 0.407. The lowest BCUT2D eigenvalue weighted by atomic mass is 10.0. The number of carbonyl (C=O) groups excluding carboxylic acids is 1. The molecule has 1 saturated heterocycles. The number of hydrogen-bond acceptors (Lipinski definition) is 4. The Bertz CT molecular complexity index is 739. The molecule has 0 aromatic heterocycles. The molecular weight excluding hydrogens is 439 g/mol. The molecule has 1 heterocycles. The summed E-state index contributed by atoms with van der Waals surface area (Å²) in [4.78, 5) is 14.4. The van der Waals surface area contributed by atoms with Crippen molar-refractivity contribution in [3.05, 3.63) is 28.2 Å². The van der Waals surface area contributed by atoms with Crippen molar-refractivity contribution >= 4 is 43.3 Å². The number of anilines is 1. The first-order valence-corrected chi connectivity index (χ1v) is 14.1. The number of likely N-dealkylation sites (tertiary alicyclic amines) is 1. The topological polar surface area (TPSA) is 50.8 Å². The molecule has 0 spiro atoms. The fraction of sp³-hybridized carbons (Fsp3) is 0.682. The Hall–Kier alpha value is -0.953. The van der Waals surface area contributed by atoms with Gasteiger partial charge in [0.1, 0.15) is 5.60 Å². The molecule has 0 radical (unpaired) electrons. The van der Waals surface area contributed by atoms with Crippen LogP contribution in [0, 0.1) is 0 Å². The molecule has 5 nitrogen and oxygen atoms in total. The average Bonchev–Trinajstić information content (AvgIpc) is 2.52. The summed E-state index contributed by atoms with van der Waals surface area (Å²) in [6.45, 7) is 17.9. The molecule has 1 aliphatic rings. The highest BCUT2D eigenvalue weighted by molar-refractivity contribution is 6.74. The van der Waals surface area contributed by atoms with E-state index in [-0.39, 0.29) is 23.3 Å². The van der Waals surface area contributed by atoms with Crippen molar-refractivity contribution in [2.75, 3.05) is 18.4 Å². The van der Waals surface area contributed by atoms with E-state index in [0.29, 0.717) is 23.1 Å². The molecule has 1 aromatic rings. The van der Waals surface area contributed by atoms with Crippen LogP contribution in [-0.4, -0.2) is 50.1 Å². The number of ether oxygens (including phenoxy) is 1. The van der Waals surface area contributed by atoms with Crippen LogP contribution in [0.1, 0.15) is 48.0 Å². The van der Waals surface area contributed by atoms with E-state index in [1.807, 2.05) is 32.9 Å². The van der Waals surface area contributed by atoms with Crippen LogP contribution in [0.4, 0.5) is 10.5 Å². The molecule has 2 atom stereocenters. The van der Waals surface area contributed by atoms with E-state index in [1.165, 1.54) is 0 Å². The van der Waals surface area contributed by atoms with Crippen molar-refractivity contribution in [1.82, 2.24) is 4.90 Å². The molecule has 8 heteroatoms. The van der Waals surface area contributed by atoms with E-state index in [1.54, 1.807) is 11.0 Å². The van der Waals surface area contributed by atoms with Crippen LogP contribution in [0.2, 0.25) is 28.2 Å². The van der Waals surface area contributed by atoms with E-state index in [9.17, 15) is 4.79 Å². The van der Waals surface area contributed by atoms with E-state index < -0.39 is 13.9 Å². The number of rotatable bonds is 4. The Balaban J connectivity index is 2.25. The summed E-state index contributed by atoms with van der Waals surface area (Å²) in [5.74, 6) is 0. The molecule has 1 aliphatic heterocycles. The predicted molar refractivity (Wildman–Crippen MR) is 128 cm³/mol. The van der Waals surface area contributed by atoms with E-state index >= 15 is 0 Å². The highest BCUT2D eigenvalue weighted by atomic mass is 35.5. The lowest BCUT2D eigenvalue weighted by Crippen LogP contribution is -2.57. The van der Waals surface area contributed by atoms with Crippen molar-refractivity contribution in [1.29, 1.82) is 0 Å². The summed E-state index contributed by atoms with van der Waals surface area (Å²) in [7, 11) is -1.99. The van der Waals surface area contributed by atoms with Crippen LogP contribution in [0.25, 0.3) is 0 Å². The van der Waals surface area contributed by atoms with Gasteiger partial charge in [0.05, 0.1) is 12.1 Å². The van der Waals surface area contributed by atoms with Crippen LogP contribution >= 0.6 is 23.2 Å². The largest absolute Gasteiger partial charge is 0.444 e. The monoisotopic (exact) mass is 474 g/mol. The molecule has 1 fully saturated rings. The maximum atomic E-state index is 12.7. The van der Waals surface area contributed by atoms with Crippen LogP contribution < -0.4 is 5.32 Å². The number of piperidine rings is 1. The number of nitrogens with one attached hydrogen (secondary N) is 1. The Morgan fingerprint density at radius 1 is 1.10 bits per heavy atom. The van der Waals surface area contributed by atoms with Gasteiger partial charge in [0, 0.05) is 28.8 Å². The van der Waals surface area contributed by atoms with Gasteiger partial charge in [-0.2, -0.15) is 0 Å². The summed E-state index contributed by atoms with van der Waals surface area (Å²) in [5, 5.41) is 4.73. The average molecular weight is 476 g/mol. The number of nitrogens with zero attached hydrogens (tertiary/aromatic N) is 1. The molecule has 1 amide bonds. The molecule has 0 unspecified atom stereocenters. The van der Waals surface area contributed by atoms with Crippen LogP contribution in [0.3, 0.4) is 0 Å². The van der Waals surface area contributed by atoms with E-state index in [2.05, 4.69) is 39.2 Å². The summed E-state index contributed by atoms with van der Waals surface area (Å²) in [5.41, 5.74) is 0.280. The smallest absolute Gasteiger partial charge is 0.410 e. The Labute approximate surface area is 192 Å². The molecule has 0 saturated carbocycles. The van der Waals surface area contributed by atoms with Crippen molar-refractivity contribution < 1.29 is 14.0 Å². The van der Waals surface area contributed by atoms with Crippen LogP contribution in [0.5, 0.6) is 0 Å². The number of benzene rings is 1. The van der Waals surface area contributed by atoms with Crippen molar-refractivity contribution in [2.45, 2.75) is 83.8 Å². The minimum Gasteiger partial charge on any atom is -0.444 e. The molecule has 0 aliphatic carbocycles. The second kappa shape index (κ2) is 9.27. The summed E-state index contributed by atoms with van der Waals surface area (Å²) in [6, 6.07) is 5.27. The molecule has 1 N–H and O–H groups in total. The number of carbonyl (C=O) groups is 1. The third kappa shape index (κ3) is 7.04.